The van der Waals surface area contributed by atoms with E-state index < -0.39 is 11.9 Å². The maximum atomic E-state index is 9.88. The lowest BCUT2D eigenvalue weighted by atomic mass is 10.5. The number of carbonyl (C=O) groups is 2. The molecule has 0 bridgehead atoms. The van der Waals surface area contributed by atoms with Crippen LogP contribution in [0.4, 0.5) is 0 Å². The number of hydrogen-bond acceptors (Lipinski definition) is 3. The molecule has 0 saturated carbocycles. The van der Waals surface area contributed by atoms with Crippen LogP contribution in [0.3, 0.4) is 0 Å². The Labute approximate surface area is 62.9 Å². The van der Waals surface area contributed by atoms with Gasteiger partial charge < -0.3 is 14.9 Å². The van der Waals surface area contributed by atoms with Crippen LogP contribution in [0.5, 0.6) is 0 Å². The largest absolute Gasteiger partial charge is 0.500 e. The first-order valence-electron chi connectivity index (χ1n) is 2.86. The molecule has 2 N–H and O–H groups in total. The minimum atomic E-state index is -1.12. The van der Waals surface area contributed by atoms with Gasteiger partial charge in [0, 0.05) is 0 Å². The summed E-state index contributed by atoms with van der Waals surface area (Å²) in [5.41, 5.74) is 0. The van der Waals surface area contributed by atoms with Gasteiger partial charge in [0.2, 0.25) is 0 Å². The first kappa shape index (κ1) is 9.48. The van der Waals surface area contributed by atoms with Crippen molar-refractivity contribution < 1.29 is 24.5 Å². The highest BCUT2D eigenvalue weighted by molar-refractivity contribution is 5.79. The predicted molar refractivity (Wildman–Crippen MR) is 35.0 cm³/mol. The van der Waals surface area contributed by atoms with Gasteiger partial charge in [-0.1, -0.05) is 0 Å². The zero-order valence-corrected chi connectivity index (χ0v) is 5.69. The molecule has 0 unspecified atom stereocenters. The van der Waals surface area contributed by atoms with Gasteiger partial charge in [-0.25, -0.2) is 4.79 Å². The van der Waals surface area contributed by atoms with Crippen molar-refractivity contribution in [2.45, 2.75) is 6.42 Å². The topological polar surface area (TPSA) is 83.8 Å². The Balaban J connectivity index is 3.27. The molecule has 0 spiro atoms. The van der Waals surface area contributed by atoms with Crippen molar-refractivity contribution in [2.75, 3.05) is 6.61 Å². The SMILES string of the molecule is O=C(O)C=COCCC(=O)O. The Morgan fingerprint density at radius 3 is 2.45 bits per heavy atom. The summed E-state index contributed by atoms with van der Waals surface area (Å²) in [6.45, 7) is -0.0148. The average molecular weight is 160 g/mol. The van der Waals surface area contributed by atoms with Gasteiger partial charge in [-0.2, -0.15) is 0 Å². The van der Waals surface area contributed by atoms with Crippen molar-refractivity contribution in [1.82, 2.24) is 0 Å². The lowest BCUT2D eigenvalue weighted by Gasteiger charge is -1.94. The third kappa shape index (κ3) is 8.48. The molecule has 0 atom stereocenters. The minimum absolute atomic E-state index is 0.0148. The second-order valence-electron chi connectivity index (χ2n) is 1.66. The van der Waals surface area contributed by atoms with E-state index in [0.29, 0.717) is 0 Å². The Morgan fingerprint density at radius 2 is 2.00 bits per heavy atom. The van der Waals surface area contributed by atoms with Gasteiger partial charge in [-0.15, -0.1) is 0 Å². The molecular weight excluding hydrogens is 152 g/mol. The summed E-state index contributed by atoms with van der Waals surface area (Å²) >= 11 is 0. The molecule has 0 aliphatic heterocycles. The summed E-state index contributed by atoms with van der Waals surface area (Å²) in [5.74, 6) is -2.10. The van der Waals surface area contributed by atoms with Crippen LogP contribution in [0.25, 0.3) is 0 Å². The van der Waals surface area contributed by atoms with E-state index in [1.165, 1.54) is 0 Å². The monoisotopic (exact) mass is 160 g/mol. The number of rotatable bonds is 5. The molecule has 0 fully saturated rings. The Kier molecular flexibility index (Phi) is 4.55. The quantitative estimate of drug-likeness (QED) is 0.338. The van der Waals surface area contributed by atoms with Gasteiger partial charge in [-0.3, -0.25) is 4.79 Å². The van der Waals surface area contributed by atoms with Gasteiger partial charge in [0.05, 0.1) is 25.4 Å². The van der Waals surface area contributed by atoms with Crippen molar-refractivity contribution in [3.05, 3.63) is 12.3 Å². The number of hydrogen-bond donors (Lipinski definition) is 2. The molecule has 0 aromatic rings. The van der Waals surface area contributed by atoms with Gasteiger partial charge in [0.25, 0.3) is 0 Å². The van der Waals surface area contributed by atoms with Crippen LogP contribution in [-0.4, -0.2) is 28.8 Å². The number of aliphatic carboxylic acids is 2. The van der Waals surface area contributed by atoms with Crippen LogP contribution in [0.15, 0.2) is 12.3 Å². The molecule has 0 saturated heterocycles. The fraction of sp³-hybridized carbons (Fsp3) is 0.333. The Bertz CT molecular complexity index is 172. The highest BCUT2D eigenvalue weighted by Gasteiger charge is 1.93. The van der Waals surface area contributed by atoms with Crippen molar-refractivity contribution in [3.8, 4) is 0 Å². The van der Waals surface area contributed by atoms with E-state index in [1.54, 1.807) is 0 Å². The van der Waals surface area contributed by atoms with Gasteiger partial charge in [-0.05, 0) is 0 Å². The third-order valence-corrected chi connectivity index (χ3v) is 0.741. The molecule has 0 aliphatic carbocycles. The van der Waals surface area contributed by atoms with E-state index in [0.717, 1.165) is 12.3 Å². The Morgan fingerprint density at radius 1 is 1.36 bits per heavy atom. The van der Waals surface area contributed by atoms with E-state index in [4.69, 9.17) is 10.2 Å². The van der Waals surface area contributed by atoms with Crippen molar-refractivity contribution in [3.63, 3.8) is 0 Å². The smallest absolute Gasteiger partial charge is 0.331 e. The van der Waals surface area contributed by atoms with Crippen LogP contribution in [-0.2, 0) is 14.3 Å². The second-order valence-corrected chi connectivity index (χ2v) is 1.66. The normalized spacial score (nSPS) is 9.82. The van der Waals surface area contributed by atoms with Crippen LogP contribution < -0.4 is 0 Å². The fourth-order valence-electron chi connectivity index (χ4n) is 0.321. The van der Waals surface area contributed by atoms with E-state index in [2.05, 4.69) is 4.74 Å². The summed E-state index contributed by atoms with van der Waals surface area (Å²) in [4.78, 5) is 19.7. The highest BCUT2D eigenvalue weighted by atomic mass is 16.5. The molecule has 62 valence electrons. The molecule has 5 heteroatoms. The first-order valence-corrected chi connectivity index (χ1v) is 2.86. The van der Waals surface area contributed by atoms with E-state index in [9.17, 15) is 9.59 Å². The van der Waals surface area contributed by atoms with E-state index in [-0.39, 0.29) is 13.0 Å². The van der Waals surface area contributed by atoms with Crippen LogP contribution in [0.2, 0.25) is 0 Å². The van der Waals surface area contributed by atoms with Gasteiger partial charge in [0.15, 0.2) is 0 Å². The summed E-state index contributed by atoms with van der Waals surface area (Å²) in [7, 11) is 0. The predicted octanol–water partition coefficient (Wildman–Crippen LogP) is 0.0760. The standard InChI is InChI=1S/C6H8O5/c7-5(8)1-3-11-4-2-6(9)10/h1,3H,2,4H2,(H,7,8)(H,9,10). The minimum Gasteiger partial charge on any atom is -0.500 e. The maximum absolute atomic E-state index is 9.88. The van der Waals surface area contributed by atoms with Crippen molar-refractivity contribution in [2.24, 2.45) is 0 Å². The number of ether oxygens (including phenoxy) is 1. The molecule has 0 amide bonds. The molecule has 0 aromatic heterocycles. The molecule has 0 aliphatic rings. The zero-order valence-electron chi connectivity index (χ0n) is 5.69. The summed E-state index contributed by atoms with van der Waals surface area (Å²) in [5, 5.41) is 16.1. The summed E-state index contributed by atoms with van der Waals surface area (Å²) in [6, 6.07) is 0. The molecule has 5 nitrogen and oxygen atoms in total. The molecule has 0 aromatic carbocycles. The molecule has 0 rings (SSSR count). The number of carboxylic acids is 2. The van der Waals surface area contributed by atoms with Crippen molar-refractivity contribution in [1.29, 1.82) is 0 Å². The Hall–Kier alpha value is -1.52. The van der Waals surface area contributed by atoms with Gasteiger partial charge >= 0.3 is 11.9 Å². The summed E-state index contributed by atoms with van der Waals surface area (Å²) in [6.07, 6.45) is 1.61. The van der Waals surface area contributed by atoms with Gasteiger partial charge in [0.1, 0.15) is 0 Å². The highest BCUT2D eigenvalue weighted by Crippen LogP contribution is 1.83. The molecular formula is C6H8O5. The summed E-state index contributed by atoms with van der Waals surface area (Å²) < 4.78 is 4.51. The lowest BCUT2D eigenvalue weighted by Crippen LogP contribution is -1.99. The van der Waals surface area contributed by atoms with Crippen LogP contribution in [0, 0.1) is 0 Å². The zero-order chi connectivity index (χ0) is 8.69. The maximum Gasteiger partial charge on any atom is 0.331 e. The van der Waals surface area contributed by atoms with E-state index >= 15 is 0 Å². The van der Waals surface area contributed by atoms with Crippen LogP contribution in [0.1, 0.15) is 6.42 Å². The third-order valence-electron chi connectivity index (χ3n) is 0.741. The molecule has 11 heavy (non-hydrogen) atoms. The van der Waals surface area contributed by atoms with E-state index in [1.807, 2.05) is 0 Å². The van der Waals surface area contributed by atoms with Crippen LogP contribution >= 0.6 is 0 Å². The molecule has 0 heterocycles. The lowest BCUT2D eigenvalue weighted by molar-refractivity contribution is -0.137. The first-order chi connectivity index (χ1) is 5.13. The molecule has 0 radical (unpaired) electrons. The van der Waals surface area contributed by atoms with Crippen molar-refractivity contribution >= 4 is 11.9 Å². The second kappa shape index (κ2) is 5.28. The number of carboxylic acid groups (broad SMARTS) is 2. The fourth-order valence-corrected chi connectivity index (χ4v) is 0.321. The average Bonchev–Trinajstić information content (AvgIpc) is 1.85.